The lowest BCUT2D eigenvalue weighted by molar-refractivity contribution is 1.07. The molecular formula is C50H32N4. The zero-order valence-electron chi connectivity index (χ0n) is 29.3. The zero-order valence-corrected chi connectivity index (χ0v) is 29.3. The zero-order chi connectivity index (χ0) is 36.3. The van der Waals surface area contributed by atoms with Gasteiger partial charge in [0.15, 0.2) is 17.5 Å². The van der Waals surface area contributed by atoms with Crippen LogP contribution in [-0.2, 0) is 0 Å². The van der Waals surface area contributed by atoms with Crippen molar-refractivity contribution in [3.8, 4) is 84.7 Å². The molecule has 0 radical (unpaired) electrons. The van der Waals surface area contributed by atoms with Crippen LogP contribution < -0.4 is 0 Å². The fraction of sp³-hybridized carbons (Fsp3) is 0. The summed E-state index contributed by atoms with van der Waals surface area (Å²) in [4.78, 5) is 15.6. The summed E-state index contributed by atoms with van der Waals surface area (Å²) in [5.74, 6) is 1.76. The number of fused-ring (bicyclic) bond motifs is 1. The first kappa shape index (κ1) is 32.4. The Morgan fingerprint density at radius 3 is 1.57 bits per heavy atom. The standard InChI is InChI=1S/C50H32N4/c51-33-34-21-23-36(24-22-34)41-17-9-18-43(31-41)49-52-48(40-27-25-39(26-28-40)45-20-10-16-38-15-7-8-19-44(38)45)53-50(54-49)47-32-42(35-11-3-1-4-12-35)29-30-46(47)37-13-5-2-6-14-37/h1-32H. The predicted molar refractivity (Wildman–Crippen MR) is 220 cm³/mol. The van der Waals surface area contributed by atoms with Gasteiger partial charge in [-0.1, -0.05) is 170 Å². The van der Waals surface area contributed by atoms with Crippen LogP contribution in [0.15, 0.2) is 194 Å². The van der Waals surface area contributed by atoms with E-state index in [2.05, 4.69) is 152 Å². The van der Waals surface area contributed by atoms with E-state index in [0.717, 1.165) is 55.6 Å². The lowest BCUT2D eigenvalue weighted by Gasteiger charge is -2.14. The highest BCUT2D eigenvalue weighted by Crippen LogP contribution is 2.37. The second-order valence-electron chi connectivity index (χ2n) is 13.2. The van der Waals surface area contributed by atoms with E-state index in [1.54, 1.807) is 0 Å². The second kappa shape index (κ2) is 14.3. The summed E-state index contributed by atoms with van der Waals surface area (Å²) < 4.78 is 0. The maximum Gasteiger partial charge on any atom is 0.164 e. The third kappa shape index (κ3) is 6.43. The molecule has 0 aliphatic carbocycles. The number of benzene rings is 8. The Balaban J connectivity index is 1.22. The first-order chi connectivity index (χ1) is 26.7. The monoisotopic (exact) mass is 688 g/mol. The minimum atomic E-state index is 0.577. The molecule has 54 heavy (non-hydrogen) atoms. The molecule has 252 valence electrons. The smallest absolute Gasteiger partial charge is 0.164 e. The Labute approximate surface area is 314 Å². The topological polar surface area (TPSA) is 62.5 Å². The quantitative estimate of drug-likeness (QED) is 0.167. The Kier molecular flexibility index (Phi) is 8.57. The Hall–Kier alpha value is -7.48. The number of nitrogens with zero attached hydrogens (tertiary/aromatic N) is 4. The van der Waals surface area contributed by atoms with E-state index in [4.69, 9.17) is 15.0 Å². The largest absolute Gasteiger partial charge is 0.208 e. The van der Waals surface area contributed by atoms with Gasteiger partial charge in [0, 0.05) is 16.7 Å². The molecule has 8 aromatic carbocycles. The van der Waals surface area contributed by atoms with E-state index in [-0.39, 0.29) is 0 Å². The van der Waals surface area contributed by atoms with Crippen LogP contribution in [0, 0.1) is 11.3 Å². The Morgan fingerprint density at radius 2 is 0.815 bits per heavy atom. The number of hydrogen-bond acceptors (Lipinski definition) is 4. The lowest BCUT2D eigenvalue weighted by Crippen LogP contribution is -2.01. The van der Waals surface area contributed by atoms with Crippen molar-refractivity contribution in [2.75, 3.05) is 0 Å². The van der Waals surface area contributed by atoms with Crippen LogP contribution in [0.2, 0.25) is 0 Å². The van der Waals surface area contributed by atoms with Crippen molar-refractivity contribution < 1.29 is 0 Å². The maximum atomic E-state index is 9.35. The van der Waals surface area contributed by atoms with Gasteiger partial charge in [-0.25, -0.2) is 15.0 Å². The van der Waals surface area contributed by atoms with Gasteiger partial charge in [0.2, 0.25) is 0 Å². The highest BCUT2D eigenvalue weighted by atomic mass is 15.0. The molecule has 9 rings (SSSR count). The first-order valence-electron chi connectivity index (χ1n) is 17.9. The number of aromatic nitrogens is 3. The maximum absolute atomic E-state index is 9.35. The van der Waals surface area contributed by atoms with Crippen LogP contribution in [-0.4, -0.2) is 15.0 Å². The van der Waals surface area contributed by atoms with Crippen molar-refractivity contribution in [3.63, 3.8) is 0 Å². The van der Waals surface area contributed by atoms with E-state index in [1.807, 2.05) is 48.5 Å². The molecule has 4 nitrogen and oxygen atoms in total. The highest BCUT2D eigenvalue weighted by Gasteiger charge is 2.18. The van der Waals surface area contributed by atoms with E-state index in [1.165, 1.54) is 16.3 Å². The van der Waals surface area contributed by atoms with Crippen molar-refractivity contribution >= 4 is 10.8 Å². The summed E-state index contributed by atoms with van der Waals surface area (Å²) in [5, 5.41) is 11.8. The van der Waals surface area contributed by atoms with E-state index in [9.17, 15) is 5.26 Å². The third-order valence-corrected chi connectivity index (χ3v) is 9.80. The molecule has 0 atom stereocenters. The molecule has 1 aromatic heterocycles. The van der Waals surface area contributed by atoms with Crippen molar-refractivity contribution in [1.82, 2.24) is 15.0 Å². The molecular weight excluding hydrogens is 657 g/mol. The van der Waals surface area contributed by atoms with Crippen LogP contribution >= 0.6 is 0 Å². The molecule has 0 saturated carbocycles. The summed E-state index contributed by atoms with van der Waals surface area (Å²) in [5.41, 5.74) is 12.0. The van der Waals surface area contributed by atoms with Crippen LogP contribution in [0.3, 0.4) is 0 Å². The van der Waals surface area contributed by atoms with Gasteiger partial charge in [-0.2, -0.15) is 5.26 Å². The van der Waals surface area contributed by atoms with Gasteiger partial charge in [-0.15, -0.1) is 0 Å². The molecule has 0 aliphatic heterocycles. The fourth-order valence-electron chi connectivity index (χ4n) is 7.01. The van der Waals surface area contributed by atoms with Gasteiger partial charge < -0.3 is 0 Å². The molecule has 0 amide bonds. The molecule has 0 spiro atoms. The van der Waals surface area contributed by atoms with Gasteiger partial charge in [-0.05, 0) is 79.5 Å². The molecule has 0 bridgehead atoms. The number of hydrogen-bond donors (Lipinski definition) is 0. The number of nitriles is 1. The fourth-order valence-corrected chi connectivity index (χ4v) is 7.01. The first-order valence-corrected chi connectivity index (χ1v) is 17.9. The molecule has 9 aromatic rings. The SMILES string of the molecule is N#Cc1ccc(-c2cccc(-c3nc(-c4ccc(-c5cccc6ccccc56)cc4)nc(-c4cc(-c5ccccc5)ccc4-c4ccccc4)n3)c2)cc1. The average Bonchev–Trinajstić information content (AvgIpc) is 3.26. The third-order valence-electron chi connectivity index (χ3n) is 9.80. The minimum absolute atomic E-state index is 0.577. The molecule has 0 unspecified atom stereocenters. The Morgan fingerprint density at radius 1 is 0.315 bits per heavy atom. The van der Waals surface area contributed by atoms with Gasteiger partial charge >= 0.3 is 0 Å². The van der Waals surface area contributed by atoms with Crippen LogP contribution in [0.1, 0.15) is 5.56 Å². The summed E-state index contributed by atoms with van der Waals surface area (Å²) in [6.45, 7) is 0. The van der Waals surface area contributed by atoms with Crippen LogP contribution in [0.4, 0.5) is 0 Å². The second-order valence-corrected chi connectivity index (χ2v) is 13.2. The summed E-state index contributed by atoms with van der Waals surface area (Å²) in [7, 11) is 0. The molecule has 1 heterocycles. The van der Waals surface area contributed by atoms with Gasteiger partial charge in [0.05, 0.1) is 11.6 Å². The van der Waals surface area contributed by atoms with E-state index < -0.39 is 0 Å². The predicted octanol–water partition coefficient (Wildman–Crippen LogP) is 12.6. The molecule has 0 saturated heterocycles. The molecule has 4 heteroatoms. The van der Waals surface area contributed by atoms with Crippen molar-refractivity contribution in [2.24, 2.45) is 0 Å². The van der Waals surface area contributed by atoms with E-state index >= 15 is 0 Å². The summed E-state index contributed by atoms with van der Waals surface area (Å²) >= 11 is 0. The lowest BCUT2D eigenvalue weighted by atomic mass is 9.94. The van der Waals surface area contributed by atoms with Gasteiger partial charge in [-0.3, -0.25) is 0 Å². The highest BCUT2D eigenvalue weighted by molar-refractivity contribution is 5.97. The molecule has 0 N–H and O–H groups in total. The summed E-state index contributed by atoms with van der Waals surface area (Å²) in [6, 6.07) is 68.8. The van der Waals surface area contributed by atoms with Gasteiger partial charge in [0.25, 0.3) is 0 Å². The van der Waals surface area contributed by atoms with Gasteiger partial charge in [0.1, 0.15) is 0 Å². The van der Waals surface area contributed by atoms with E-state index in [0.29, 0.717) is 23.0 Å². The Bertz CT molecular complexity index is 2800. The van der Waals surface area contributed by atoms with Crippen LogP contribution in [0.25, 0.3) is 89.4 Å². The normalized spacial score (nSPS) is 10.9. The van der Waals surface area contributed by atoms with Crippen molar-refractivity contribution in [3.05, 3.63) is 200 Å². The number of rotatable bonds is 7. The van der Waals surface area contributed by atoms with Crippen molar-refractivity contribution in [2.45, 2.75) is 0 Å². The minimum Gasteiger partial charge on any atom is -0.208 e. The van der Waals surface area contributed by atoms with Crippen molar-refractivity contribution in [1.29, 1.82) is 5.26 Å². The molecule has 0 aliphatic rings. The average molecular weight is 689 g/mol. The summed E-state index contributed by atoms with van der Waals surface area (Å²) in [6.07, 6.45) is 0. The molecule has 0 fully saturated rings. The van der Waals surface area contributed by atoms with Crippen LogP contribution in [0.5, 0.6) is 0 Å².